The summed E-state index contributed by atoms with van der Waals surface area (Å²) < 4.78 is 10.5. The van der Waals surface area contributed by atoms with Crippen molar-refractivity contribution in [1.82, 2.24) is 0 Å². The van der Waals surface area contributed by atoms with Crippen LogP contribution in [0.25, 0.3) is 0 Å². The topological polar surface area (TPSA) is 55.8 Å². The zero-order valence-corrected chi connectivity index (χ0v) is 13.2. The van der Waals surface area contributed by atoms with Crippen molar-refractivity contribution in [2.24, 2.45) is 0 Å². The van der Waals surface area contributed by atoms with E-state index in [0.717, 1.165) is 0 Å². The molecule has 0 aromatic heterocycles. The van der Waals surface area contributed by atoms with Crippen LogP contribution in [-0.4, -0.2) is 23.3 Å². The van der Waals surface area contributed by atoms with Gasteiger partial charge in [-0.2, -0.15) is 0 Å². The number of ether oxygens (including phenoxy) is 2. The maximum Gasteiger partial charge on any atom is 0.349 e. The van der Waals surface area contributed by atoms with Gasteiger partial charge < -0.3 is 14.6 Å². The van der Waals surface area contributed by atoms with Crippen LogP contribution in [0, 0.1) is 0 Å². The predicted molar refractivity (Wildman–Crippen MR) is 85.9 cm³/mol. The first-order chi connectivity index (χ1) is 10.5. The molecule has 0 aliphatic heterocycles. The summed E-state index contributed by atoms with van der Waals surface area (Å²) >= 11 is 0. The van der Waals surface area contributed by atoms with Crippen LogP contribution < -0.4 is 4.74 Å². The Labute approximate surface area is 131 Å². The van der Waals surface area contributed by atoms with Gasteiger partial charge in [0.05, 0.1) is 6.61 Å². The lowest BCUT2D eigenvalue weighted by Crippen LogP contribution is -2.39. The molecule has 0 unspecified atom stereocenters. The third-order valence-electron chi connectivity index (χ3n) is 2.64. The zero-order valence-electron chi connectivity index (χ0n) is 13.2. The van der Waals surface area contributed by atoms with Gasteiger partial charge in [-0.1, -0.05) is 36.4 Å². The highest BCUT2D eigenvalue weighted by Crippen LogP contribution is 2.18. The first-order valence-electron chi connectivity index (χ1n) is 7.11. The molecule has 2 aromatic rings. The molecular weight excluding hydrogens is 280 g/mol. The number of hydrogen-bond donors (Lipinski definition) is 1. The average Bonchev–Trinajstić information content (AvgIpc) is 2.49. The smallest absolute Gasteiger partial charge is 0.349 e. The zero-order chi connectivity index (χ0) is 16.4. The van der Waals surface area contributed by atoms with Crippen molar-refractivity contribution >= 4 is 5.97 Å². The van der Waals surface area contributed by atoms with Crippen LogP contribution in [-0.2, 0) is 9.53 Å². The minimum atomic E-state index is -0.947. The fourth-order valence-corrected chi connectivity index (χ4v) is 1.56. The van der Waals surface area contributed by atoms with Gasteiger partial charge >= 0.3 is 5.97 Å². The van der Waals surface area contributed by atoms with Crippen LogP contribution in [0.1, 0.15) is 20.8 Å². The maximum absolute atomic E-state index is 11.5. The normalized spacial score (nSPS) is 10.1. The number of benzene rings is 2. The lowest BCUT2D eigenvalue weighted by Gasteiger charge is -2.23. The summed E-state index contributed by atoms with van der Waals surface area (Å²) in [5.41, 5.74) is -0.947. The first-order valence-corrected chi connectivity index (χ1v) is 7.11. The second-order valence-corrected chi connectivity index (χ2v) is 4.98. The number of aromatic hydroxyl groups is 1. The van der Waals surface area contributed by atoms with E-state index in [2.05, 4.69) is 0 Å². The van der Waals surface area contributed by atoms with E-state index in [1.807, 2.05) is 24.3 Å². The highest BCUT2D eigenvalue weighted by atomic mass is 16.6. The Bertz CT molecular complexity index is 550. The molecular formula is C18H22O4. The fraction of sp³-hybridized carbons (Fsp3) is 0.278. The Morgan fingerprint density at radius 1 is 1.00 bits per heavy atom. The van der Waals surface area contributed by atoms with E-state index in [0.29, 0.717) is 18.1 Å². The van der Waals surface area contributed by atoms with Crippen molar-refractivity contribution in [2.75, 3.05) is 6.61 Å². The van der Waals surface area contributed by atoms with Crippen molar-refractivity contribution in [3.8, 4) is 11.5 Å². The molecule has 22 heavy (non-hydrogen) atoms. The number of hydrogen-bond acceptors (Lipinski definition) is 4. The number of carbonyl (C=O) groups excluding carboxylic acids is 1. The Morgan fingerprint density at radius 2 is 1.50 bits per heavy atom. The Balaban J connectivity index is 0.000000287. The predicted octanol–water partition coefficient (Wildman–Crippen LogP) is 3.80. The van der Waals surface area contributed by atoms with Crippen molar-refractivity contribution in [3.05, 3.63) is 60.7 Å². The van der Waals surface area contributed by atoms with Crippen molar-refractivity contribution in [2.45, 2.75) is 26.4 Å². The Morgan fingerprint density at radius 3 is 1.91 bits per heavy atom. The summed E-state index contributed by atoms with van der Waals surface area (Å²) in [6.07, 6.45) is 0. The third-order valence-corrected chi connectivity index (χ3v) is 2.64. The molecule has 0 fully saturated rings. The number of phenolic OH excluding ortho intramolecular Hbond substituents is 1. The summed E-state index contributed by atoms with van der Waals surface area (Å²) in [5, 5.41) is 8.63. The second kappa shape index (κ2) is 8.72. The molecule has 0 amide bonds. The van der Waals surface area contributed by atoms with E-state index >= 15 is 0 Å². The standard InChI is InChI=1S/C12H16O3.C6H6O/c1-4-14-11(13)12(2,3)15-10-8-6-5-7-9-10;7-6-4-2-1-3-5-6/h5-9H,4H2,1-3H3;1-5,7H. The van der Waals surface area contributed by atoms with Gasteiger partial charge in [-0.3, -0.25) is 0 Å². The number of rotatable bonds is 4. The highest BCUT2D eigenvalue weighted by Gasteiger charge is 2.31. The van der Waals surface area contributed by atoms with Gasteiger partial charge in [0, 0.05) is 0 Å². The van der Waals surface area contributed by atoms with Crippen LogP contribution in [0.4, 0.5) is 0 Å². The molecule has 0 saturated heterocycles. The number of phenols is 1. The van der Waals surface area contributed by atoms with Gasteiger partial charge in [0.1, 0.15) is 11.5 Å². The average molecular weight is 302 g/mol. The first kappa shape index (κ1) is 17.6. The molecule has 0 heterocycles. The summed E-state index contributed by atoms with van der Waals surface area (Å²) in [4.78, 5) is 11.5. The van der Waals surface area contributed by atoms with Gasteiger partial charge in [-0.05, 0) is 45.0 Å². The van der Waals surface area contributed by atoms with Crippen molar-refractivity contribution < 1.29 is 19.4 Å². The minimum absolute atomic E-state index is 0.322. The van der Waals surface area contributed by atoms with Gasteiger partial charge in [0.2, 0.25) is 0 Å². The van der Waals surface area contributed by atoms with E-state index in [4.69, 9.17) is 14.6 Å². The fourth-order valence-electron chi connectivity index (χ4n) is 1.56. The van der Waals surface area contributed by atoms with Crippen LogP contribution in [0.3, 0.4) is 0 Å². The van der Waals surface area contributed by atoms with E-state index in [9.17, 15) is 4.79 Å². The molecule has 118 valence electrons. The summed E-state index contributed by atoms with van der Waals surface area (Å²) in [7, 11) is 0. The van der Waals surface area contributed by atoms with Gasteiger partial charge in [-0.15, -0.1) is 0 Å². The summed E-state index contributed by atoms with van der Waals surface area (Å²) in [5.74, 6) is 0.631. The number of esters is 1. The largest absolute Gasteiger partial charge is 0.508 e. The van der Waals surface area contributed by atoms with E-state index in [-0.39, 0.29) is 5.97 Å². The highest BCUT2D eigenvalue weighted by molar-refractivity contribution is 5.79. The molecule has 0 saturated carbocycles. The van der Waals surface area contributed by atoms with E-state index < -0.39 is 5.60 Å². The molecule has 4 heteroatoms. The molecule has 2 rings (SSSR count). The molecule has 0 aliphatic rings. The number of para-hydroxylation sites is 2. The Kier molecular flexibility index (Phi) is 6.96. The molecule has 0 radical (unpaired) electrons. The molecule has 0 bridgehead atoms. The maximum atomic E-state index is 11.5. The quantitative estimate of drug-likeness (QED) is 0.873. The lowest BCUT2D eigenvalue weighted by molar-refractivity contribution is -0.158. The number of carbonyl (C=O) groups is 1. The summed E-state index contributed by atoms with van der Waals surface area (Å²) in [6, 6.07) is 17.9. The van der Waals surface area contributed by atoms with Gasteiger partial charge in [0.15, 0.2) is 5.60 Å². The molecule has 0 atom stereocenters. The molecule has 0 aliphatic carbocycles. The SMILES string of the molecule is CCOC(=O)C(C)(C)Oc1ccccc1.Oc1ccccc1. The summed E-state index contributed by atoms with van der Waals surface area (Å²) in [6.45, 7) is 5.52. The van der Waals surface area contributed by atoms with Crippen LogP contribution in [0.15, 0.2) is 60.7 Å². The van der Waals surface area contributed by atoms with Crippen LogP contribution >= 0.6 is 0 Å². The van der Waals surface area contributed by atoms with Crippen molar-refractivity contribution in [3.63, 3.8) is 0 Å². The van der Waals surface area contributed by atoms with Crippen LogP contribution in [0.2, 0.25) is 0 Å². The van der Waals surface area contributed by atoms with Gasteiger partial charge in [0.25, 0.3) is 0 Å². The molecule has 0 spiro atoms. The lowest BCUT2D eigenvalue weighted by atomic mass is 10.1. The van der Waals surface area contributed by atoms with Gasteiger partial charge in [-0.25, -0.2) is 4.79 Å². The molecule has 4 nitrogen and oxygen atoms in total. The van der Waals surface area contributed by atoms with Crippen LogP contribution in [0.5, 0.6) is 11.5 Å². The Hall–Kier alpha value is -2.49. The minimum Gasteiger partial charge on any atom is -0.508 e. The van der Waals surface area contributed by atoms with Crippen molar-refractivity contribution in [1.29, 1.82) is 0 Å². The monoisotopic (exact) mass is 302 g/mol. The van der Waals surface area contributed by atoms with E-state index in [1.165, 1.54) is 0 Å². The molecule has 2 aromatic carbocycles. The second-order valence-electron chi connectivity index (χ2n) is 4.98. The van der Waals surface area contributed by atoms with E-state index in [1.54, 1.807) is 57.2 Å². The molecule has 1 N–H and O–H groups in total. The third kappa shape index (κ3) is 6.31.